The molecule has 20 atom stereocenters. The van der Waals surface area contributed by atoms with Crippen LogP contribution in [0.1, 0.15) is 19.3 Å². The first-order valence-corrected chi connectivity index (χ1v) is 16.8. The number of carbonyl (C=O) groups is 2. The second kappa shape index (κ2) is 19.3. The normalized spacial score (nSPS) is 46.6. The van der Waals surface area contributed by atoms with Crippen LogP contribution in [0.3, 0.4) is 0 Å². The van der Waals surface area contributed by atoms with Gasteiger partial charge in [0.25, 0.3) is 0 Å². The highest BCUT2D eigenvalue weighted by atomic mass is 16.8. The van der Waals surface area contributed by atoms with Crippen molar-refractivity contribution in [2.75, 3.05) is 26.4 Å². The molecule has 0 saturated carbocycles. The van der Waals surface area contributed by atoms with E-state index >= 15 is 0 Å². The summed E-state index contributed by atoms with van der Waals surface area (Å²) in [5.41, 5.74) is 5.46. The third-order valence-corrected chi connectivity index (χ3v) is 9.25. The maximum Gasteiger partial charge on any atom is 0.335 e. The van der Waals surface area contributed by atoms with Crippen molar-refractivity contribution >= 4 is 11.9 Å². The molecule has 0 amide bonds. The van der Waals surface area contributed by atoms with Crippen molar-refractivity contribution in [1.82, 2.24) is 0 Å². The molecule has 24 nitrogen and oxygen atoms in total. The number of unbranched alkanes of at least 4 members (excludes halogenated alkanes) is 2. The fraction of sp³-hybridized carbons (Fsp3) is 0.931. The summed E-state index contributed by atoms with van der Waals surface area (Å²) in [5, 5.41) is 135. The van der Waals surface area contributed by atoms with Crippen molar-refractivity contribution in [3.63, 3.8) is 0 Å². The topological polar surface area (TPSA) is 397 Å². The minimum atomic E-state index is -2.24. The summed E-state index contributed by atoms with van der Waals surface area (Å²) in [5.74, 6) is -3.56. The largest absolute Gasteiger partial charge is 0.479 e. The van der Waals surface area contributed by atoms with E-state index in [1.165, 1.54) is 0 Å². The zero-order valence-corrected chi connectivity index (χ0v) is 28.0. The lowest BCUT2D eigenvalue weighted by Crippen LogP contribution is -2.68. The highest BCUT2D eigenvalue weighted by Gasteiger charge is 2.56. The lowest BCUT2D eigenvalue weighted by atomic mass is 9.95. The van der Waals surface area contributed by atoms with Crippen LogP contribution in [0.4, 0.5) is 0 Å². The van der Waals surface area contributed by atoms with Crippen LogP contribution in [0.2, 0.25) is 0 Å². The van der Waals surface area contributed by atoms with Gasteiger partial charge in [0.2, 0.25) is 0 Å². The molecule has 308 valence electrons. The number of rotatable bonds is 16. The van der Waals surface area contributed by atoms with E-state index in [-0.39, 0.29) is 6.61 Å². The van der Waals surface area contributed by atoms with Crippen LogP contribution in [0.15, 0.2) is 0 Å². The van der Waals surface area contributed by atoms with Crippen LogP contribution in [0.25, 0.3) is 0 Å². The smallest absolute Gasteiger partial charge is 0.335 e. The number of nitrogens with two attached hydrogens (primary N) is 1. The molecule has 4 rings (SSSR count). The SMILES string of the molecule is NCCCCCO[C@@H]1OC(CO)[C@@H](O[C@@H]2OC(C(=O)O)[C@@H](O)C(O[C@@H]3OC(CO)[C@@H](O[C@@H]4OC(C(=O)O)[C@@H](O)C(O)[C@@H]4O)[C@H](O)C3O)[C@@H]2O)C(O)[C@@H]1O. The fourth-order valence-electron chi connectivity index (χ4n) is 6.26. The van der Waals surface area contributed by atoms with Gasteiger partial charge in [0.1, 0.15) is 85.5 Å². The molecule has 0 bridgehead atoms. The van der Waals surface area contributed by atoms with Gasteiger partial charge in [-0.3, -0.25) is 0 Å². The van der Waals surface area contributed by atoms with Crippen molar-refractivity contribution in [3.8, 4) is 0 Å². The van der Waals surface area contributed by atoms with E-state index in [4.69, 9.17) is 43.6 Å². The Morgan fingerprint density at radius 1 is 0.491 bits per heavy atom. The number of aliphatic hydroxyl groups excluding tert-OH is 11. The van der Waals surface area contributed by atoms with Gasteiger partial charge in [0, 0.05) is 6.61 Å². The van der Waals surface area contributed by atoms with Crippen LogP contribution in [-0.2, 0) is 47.5 Å². The molecular weight excluding hydrogens is 730 g/mol. The first kappa shape index (κ1) is 43.9. The second-order valence-corrected chi connectivity index (χ2v) is 12.9. The van der Waals surface area contributed by atoms with E-state index in [1.807, 2.05) is 0 Å². The molecule has 4 aliphatic rings. The summed E-state index contributed by atoms with van der Waals surface area (Å²) in [6.45, 7) is -1.31. The molecule has 0 aromatic carbocycles. The van der Waals surface area contributed by atoms with Crippen molar-refractivity contribution in [1.29, 1.82) is 0 Å². The summed E-state index contributed by atoms with van der Waals surface area (Å²) in [6, 6.07) is 0. The van der Waals surface area contributed by atoms with Gasteiger partial charge >= 0.3 is 11.9 Å². The lowest BCUT2D eigenvalue weighted by molar-refractivity contribution is -0.385. The molecular formula is C29H49NO23. The first-order valence-electron chi connectivity index (χ1n) is 16.8. The van der Waals surface area contributed by atoms with Gasteiger partial charge in [0.15, 0.2) is 37.4 Å². The number of ether oxygens (including phenoxy) is 8. The van der Waals surface area contributed by atoms with E-state index < -0.39 is 148 Å². The number of aliphatic carboxylic acids is 2. The Labute approximate surface area is 300 Å². The third kappa shape index (κ3) is 9.76. The molecule has 8 unspecified atom stereocenters. The average Bonchev–Trinajstić information content (AvgIpc) is 3.12. The Hall–Kier alpha value is -1.86. The Kier molecular flexibility index (Phi) is 16.0. The number of hydrogen-bond donors (Lipinski definition) is 14. The van der Waals surface area contributed by atoms with Gasteiger partial charge < -0.3 is 110 Å². The monoisotopic (exact) mass is 779 g/mol. The average molecular weight is 780 g/mol. The summed E-state index contributed by atoms with van der Waals surface area (Å²) in [6.07, 6.45) is -37.6. The van der Waals surface area contributed by atoms with Crippen LogP contribution < -0.4 is 5.73 Å². The molecule has 15 N–H and O–H groups in total. The molecule has 24 heteroatoms. The molecule has 4 saturated heterocycles. The maximum absolute atomic E-state index is 12.0. The van der Waals surface area contributed by atoms with Crippen molar-refractivity contribution in [2.45, 2.75) is 142 Å². The molecule has 0 spiro atoms. The Bertz CT molecular complexity index is 1170. The van der Waals surface area contributed by atoms with Gasteiger partial charge in [-0.2, -0.15) is 0 Å². The number of carboxylic acids is 2. The quantitative estimate of drug-likeness (QED) is 0.0647. The summed E-state index contributed by atoms with van der Waals surface area (Å²) >= 11 is 0. The van der Waals surface area contributed by atoms with Gasteiger partial charge in [-0.15, -0.1) is 0 Å². The van der Waals surface area contributed by atoms with Crippen LogP contribution in [0, 0.1) is 0 Å². The number of carboxylic acid groups (broad SMARTS) is 2. The summed E-state index contributed by atoms with van der Waals surface area (Å²) in [4.78, 5) is 23.5. The molecule has 4 aliphatic heterocycles. The zero-order chi connectivity index (χ0) is 39.3. The molecule has 0 radical (unpaired) electrons. The van der Waals surface area contributed by atoms with Crippen molar-refractivity contribution in [2.24, 2.45) is 5.73 Å². The highest BCUT2D eigenvalue weighted by molar-refractivity contribution is 5.73. The van der Waals surface area contributed by atoms with Crippen LogP contribution in [-0.4, -0.2) is 228 Å². The van der Waals surface area contributed by atoms with Gasteiger partial charge in [-0.05, 0) is 25.8 Å². The van der Waals surface area contributed by atoms with Crippen LogP contribution in [0.5, 0.6) is 0 Å². The molecule has 0 aromatic heterocycles. The highest BCUT2D eigenvalue weighted by Crippen LogP contribution is 2.34. The lowest BCUT2D eigenvalue weighted by Gasteiger charge is -2.48. The molecule has 4 heterocycles. The van der Waals surface area contributed by atoms with Gasteiger partial charge in [-0.25, -0.2) is 9.59 Å². The first-order chi connectivity index (χ1) is 25.1. The van der Waals surface area contributed by atoms with Gasteiger partial charge in [-0.1, -0.05) is 0 Å². The molecule has 0 aliphatic carbocycles. The van der Waals surface area contributed by atoms with Crippen LogP contribution >= 0.6 is 0 Å². The summed E-state index contributed by atoms with van der Waals surface area (Å²) in [7, 11) is 0. The van der Waals surface area contributed by atoms with E-state index in [0.29, 0.717) is 25.8 Å². The predicted octanol–water partition coefficient (Wildman–Crippen LogP) is -8.41. The second-order valence-electron chi connectivity index (χ2n) is 12.9. The molecule has 0 aromatic rings. The minimum absolute atomic E-state index is 0.0995. The zero-order valence-electron chi connectivity index (χ0n) is 28.0. The van der Waals surface area contributed by atoms with E-state index in [0.717, 1.165) is 0 Å². The third-order valence-electron chi connectivity index (χ3n) is 9.25. The Morgan fingerprint density at radius 3 is 1.43 bits per heavy atom. The molecule has 53 heavy (non-hydrogen) atoms. The standard InChI is InChI=1S/C29H49NO23/c30-4-2-1-3-5-46-26-15(38)12(35)19(8(6-31)47-26)50-29-18(41)21(17(40)23(53-29)25(44)45)51-27-16(39)13(36)20(9(7-32)48-27)49-28-14(37)10(33)11(34)22(52-28)24(42)43/h8-23,26-29,31-41H,1-7,30H2,(H,42,43)(H,44,45)/t8?,9?,10?,11-,12?,13+,14-,15-,16?,17-,18-,19+,20+,21?,22?,23?,26+,27-,28+,29+/m0/s1. The summed E-state index contributed by atoms with van der Waals surface area (Å²) < 4.78 is 43.3. The van der Waals surface area contributed by atoms with Crippen molar-refractivity contribution < 1.29 is 114 Å². The molecule has 4 fully saturated rings. The van der Waals surface area contributed by atoms with E-state index in [1.54, 1.807) is 0 Å². The fourth-order valence-corrected chi connectivity index (χ4v) is 6.26. The predicted molar refractivity (Wildman–Crippen MR) is 162 cm³/mol. The Morgan fingerprint density at radius 2 is 0.925 bits per heavy atom. The Balaban J connectivity index is 1.47. The maximum atomic E-state index is 12.0. The van der Waals surface area contributed by atoms with E-state index in [2.05, 4.69) is 0 Å². The number of aliphatic hydroxyl groups is 11. The number of hydrogen-bond acceptors (Lipinski definition) is 22. The minimum Gasteiger partial charge on any atom is -0.479 e. The van der Waals surface area contributed by atoms with E-state index in [9.17, 15) is 76.0 Å². The van der Waals surface area contributed by atoms with Crippen molar-refractivity contribution in [3.05, 3.63) is 0 Å². The van der Waals surface area contributed by atoms with Gasteiger partial charge in [0.05, 0.1) is 13.2 Å².